The van der Waals surface area contributed by atoms with Crippen molar-refractivity contribution in [3.63, 3.8) is 0 Å². The molecule has 26 heavy (non-hydrogen) atoms. The lowest BCUT2D eigenvalue weighted by Gasteiger charge is -2.17. The van der Waals surface area contributed by atoms with E-state index in [1.165, 1.54) is 6.26 Å². The van der Waals surface area contributed by atoms with E-state index in [0.29, 0.717) is 18.7 Å². The van der Waals surface area contributed by atoms with E-state index in [4.69, 9.17) is 4.42 Å². The van der Waals surface area contributed by atoms with E-state index in [2.05, 4.69) is 26.6 Å². The second kappa shape index (κ2) is 8.18. The molecule has 7 nitrogen and oxygen atoms in total. The van der Waals surface area contributed by atoms with Crippen LogP contribution in [0, 0.1) is 5.92 Å². The maximum atomic E-state index is 12.5. The number of amides is 3. The first-order valence-electron chi connectivity index (χ1n) is 8.18. The van der Waals surface area contributed by atoms with Crippen molar-refractivity contribution in [2.24, 2.45) is 5.92 Å². The van der Waals surface area contributed by atoms with Crippen LogP contribution in [0.15, 0.2) is 51.6 Å². The third-order valence-corrected chi connectivity index (χ3v) is 4.60. The number of carbonyl (C=O) groups excluding carboxylic acids is 3. The summed E-state index contributed by atoms with van der Waals surface area (Å²) in [5, 5.41) is 5.17. The molecular weight excluding hydrogens is 402 g/mol. The normalized spacial score (nSPS) is 16.6. The summed E-state index contributed by atoms with van der Waals surface area (Å²) in [6.45, 7) is 0.541. The van der Waals surface area contributed by atoms with Crippen LogP contribution in [0.1, 0.15) is 12.2 Å². The smallest absolute Gasteiger partial charge is 0.239 e. The third-order valence-electron chi connectivity index (χ3n) is 4.10. The van der Waals surface area contributed by atoms with E-state index in [1.807, 2.05) is 24.3 Å². The Hall–Kier alpha value is -2.61. The quantitative estimate of drug-likeness (QED) is 0.698. The molecule has 1 fully saturated rings. The van der Waals surface area contributed by atoms with Crippen molar-refractivity contribution in [3.05, 3.63) is 52.9 Å². The van der Waals surface area contributed by atoms with E-state index in [-0.39, 0.29) is 24.9 Å². The average molecular weight is 420 g/mol. The van der Waals surface area contributed by atoms with Crippen molar-refractivity contribution in [1.29, 1.82) is 0 Å². The zero-order chi connectivity index (χ0) is 18.5. The first-order valence-corrected chi connectivity index (χ1v) is 8.97. The minimum atomic E-state index is -0.771. The zero-order valence-electron chi connectivity index (χ0n) is 13.9. The molecular formula is C18H18BrN3O4. The Bertz CT molecular complexity index is 807. The molecule has 2 heterocycles. The number of nitrogens with one attached hydrogen (secondary N) is 2. The molecule has 3 rings (SSSR count). The predicted molar refractivity (Wildman–Crippen MR) is 98.2 cm³/mol. The van der Waals surface area contributed by atoms with Gasteiger partial charge in [0.15, 0.2) is 0 Å². The van der Waals surface area contributed by atoms with Crippen molar-refractivity contribution in [3.8, 4) is 0 Å². The van der Waals surface area contributed by atoms with Crippen LogP contribution in [0.5, 0.6) is 0 Å². The average Bonchev–Trinajstić information content (AvgIpc) is 3.27. The number of carbonyl (C=O) groups is 3. The Morgan fingerprint density at radius 2 is 2.08 bits per heavy atom. The van der Waals surface area contributed by atoms with E-state index in [1.54, 1.807) is 17.0 Å². The molecule has 2 aromatic rings. The summed E-state index contributed by atoms with van der Waals surface area (Å²) >= 11 is 3.37. The second-order valence-corrected chi connectivity index (χ2v) is 6.80. The fourth-order valence-corrected chi connectivity index (χ4v) is 3.16. The molecule has 136 valence electrons. The number of halogens is 1. The maximum absolute atomic E-state index is 12.5. The number of hydrogen-bond donors (Lipinski definition) is 2. The number of benzene rings is 1. The van der Waals surface area contributed by atoms with E-state index in [9.17, 15) is 14.4 Å². The number of rotatable bonds is 6. The summed E-state index contributed by atoms with van der Waals surface area (Å²) in [4.78, 5) is 38.2. The van der Waals surface area contributed by atoms with Gasteiger partial charge in [-0.2, -0.15) is 0 Å². The van der Waals surface area contributed by atoms with Gasteiger partial charge in [0.2, 0.25) is 17.7 Å². The van der Waals surface area contributed by atoms with Gasteiger partial charge in [-0.05, 0) is 36.8 Å². The standard InChI is InChI=1S/C18H18BrN3O4/c19-12-3-1-4-13(9-12)22-7-6-15(18(22)25)17(24)21-11-16(23)20-10-14-5-2-8-26-14/h1-5,8-9,15H,6-7,10-11H2,(H,20,23)(H,21,24). The Morgan fingerprint density at radius 3 is 2.81 bits per heavy atom. The number of nitrogens with zero attached hydrogens (tertiary/aromatic N) is 1. The van der Waals surface area contributed by atoms with Crippen LogP contribution in [-0.4, -0.2) is 30.8 Å². The fourth-order valence-electron chi connectivity index (χ4n) is 2.78. The van der Waals surface area contributed by atoms with Crippen molar-refractivity contribution >= 4 is 39.3 Å². The molecule has 2 N–H and O–H groups in total. The minimum absolute atomic E-state index is 0.180. The molecule has 1 saturated heterocycles. The van der Waals surface area contributed by atoms with Gasteiger partial charge in [0.1, 0.15) is 11.7 Å². The van der Waals surface area contributed by atoms with Crippen LogP contribution < -0.4 is 15.5 Å². The van der Waals surface area contributed by atoms with Crippen LogP contribution in [0.2, 0.25) is 0 Å². The first-order chi connectivity index (χ1) is 12.5. The molecule has 1 aliphatic heterocycles. The molecule has 0 bridgehead atoms. The first kappa shape index (κ1) is 18.2. The van der Waals surface area contributed by atoms with Gasteiger partial charge in [0.05, 0.1) is 19.4 Å². The highest BCUT2D eigenvalue weighted by molar-refractivity contribution is 9.10. The molecule has 1 aromatic carbocycles. The molecule has 3 amide bonds. The van der Waals surface area contributed by atoms with E-state index >= 15 is 0 Å². The SMILES string of the molecule is O=C(CNC(=O)C1CCN(c2cccc(Br)c2)C1=O)NCc1ccco1. The highest BCUT2D eigenvalue weighted by atomic mass is 79.9. The highest BCUT2D eigenvalue weighted by Crippen LogP contribution is 2.27. The summed E-state index contributed by atoms with van der Waals surface area (Å²) in [7, 11) is 0. The summed E-state index contributed by atoms with van der Waals surface area (Å²) in [6, 6.07) is 10.8. The molecule has 0 spiro atoms. The van der Waals surface area contributed by atoms with Crippen LogP contribution in [0.4, 0.5) is 5.69 Å². The van der Waals surface area contributed by atoms with Crippen molar-refractivity contribution in [2.75, 3.05) is 18.0 Å². The Morgan fingerprint density at radius 1 is 1.23 bits per heavy atom. The third kappa shape index (κ3) is 4.32. The van der Waals surface area contributed by atoms with Gasteiger partial charge in [-0.3, -0.25) is 14.4 Å². The van der Waals surface area contributed by atoms with Crippen LogP contribution in [0.25, 0.3) is 0 Å². The van der Waals surface area contributed by atoms with Gasteiger partial charge in [0, 0.05) is 16.7 Å². The highest BCUT2D eigenvalue weighted by Gasteiger charge is 2.37. The summed E-state index contributed by atoms with van der Waals surface area (Å²) < 4.78 is 5.98. The van der Waals surface area contributed by atoms with Crippen LogP contribution in [-0.2, 0) is 20.9 Å². The molecule has 1 aliphatic rings. The molecule has 0 aliphatic carbocycles. The van der Waals surface area contributed by atoms with Crippen molar-refractivity contribution in [2.45, 2.75) is 13.0 Å². The number of anilines is 1. The summed E-state index contributed by atoms with van der Waals surface area (Å²) in [6.07, 6.45) is 1.94. The topological polar surface area (TPSA) is 91.7 Å². The lowest BCUT2D eigenvalue weighted by molar-refractivity contribution is -0.133. The summed E-state index contributed by atoms with van der Waals surface area (Å²) in [5.41, 5.74) is 0.746. The lowest BCUT2D eigenvalue weighted by atomic mass is 10.1. The van der Waals surface area contributed by atoms with Crippen LogP contribution in [0.3, 0.4) is 0 Å². The van der Waals surface area contributed by atoms with Gasteiger partial charge >= 0.3 is 0 Å². The molecule has 1 aromatic heterocycles. The van der Waals surface area contributed by atoms with E-state index in [0.717, 1.165) is 10.2 Å². The largest absolute Gasteiger partial charge is 0.467 e. The number of furan rings is 1. The molecule has 1 unspecified atom stereocenters. The fraction of sp³-hybridized carbons (Fsp3) is 0.278. The van der Waals surface area contributed by atoms with Gasteiger partial charge in [0.25, 0.3) is 0 Å². The van der Waals surface area contributed by atoms with Crippen LogP contribution >= 0.6 is 15.9 Å². The Balaban J connectivity index is 1.49. The molecule has 0 radical (unpaired) electrons. The van der Waals surface area contributed by atoms with Gasteiger partial charge in [-0.25, -0.2) is 0 Å². The van der Waals surface area contributed by atoms with Gasteiger partial charge in [-0.15, -0.1) is 0 Å². The predicted octanol–water partition coefficient (Wildman–Crippen LogP) is 1.83. The molecule has 0 saturated carbocycles. The zero-order valence-corrected chi connectivity index (χ0v) is 15.5. The second-order valence-electron chi connectivity index (χ2n) is 5.88. The van der Waals surface area contributed by atoms with Gasteiger partial charge in [-0.1, -0.05) is 22.0 Å². The minimum Gasteiger partial charge on any atom is -0.467 e. The lowest BCUT2D eigenvalue weighted by Crippen LogP contribution is -2.41. The monoisotopic (exact) mass is 419 g/mol. The number of hydrogen-bond acceptors (Lipinski definition) is 4. The van der Waals surface area contributed by atoms with Gasteiger partial charge < -0.3 is 20.0 Å². The van der Waals surface area contributed by atoms with Crippen molar-refractivity contribution in [1.82, 2.24) is 10.6 Å². The molecule has 8 heteroatoms. The van der Waals surface area contributed by atoms with Crippen molar-refractivity contribution < 1.29 is 18.8 Å². The summed E-state index contributed by atoms with van der Waals surface area (Å²) in [5.74, 6) is -1.17. The molecule has 1 atom stereocenters. The maximum Gasteiger partial charge on any atom is 0.239 e. The Kier molecular flexibility index (Phi) is 5.72. The Labute approximate surface area is 158 Å². The van der Waals surface area contributed by atoms with E-state index < -0.39 is 11.8 Å².